The Bertz CT molecular complexity index is 1690. The lowest BCUT2D eigenvalue weighted by Gasteiger charge is -2.41. The third-order valence-corrected chi connectivity index (χ3v) is 12.3. The molecule has 0 bridgehead atoms. The number of likely N-dealkylation sites (N-methyl/N-ethyl adjacent to an activating group) is 2. The summed E-state index contributed by atoms with van der Waals surface area (Å²) in [5.74, 6) is -6.03. The van der Waals surface area contributed by atoms with Gasteiger partial charge in [0.2, 0.25) is 33.7 Å². The first-order chi connectivity index (χ1) is 27.3. The molecule has 1 heterocycles. The average molecular weight is 863 g/mol. The van der Waals surface area contributed by atoms with Crippen LogP contribution in [-0.2, 0) is 49.2 Å². The number of sulfonamides is 1. The quantitative estimate of drug-likeness (QED) is 0.165. The van der Waals surface area contributed by atoms with Gasteiger partial charge in [0.15, 0.2) is 0 Å². The Balaban J connectivity index is 2.23. The zero-order valence-corrected chi connectivity index (χ0v) is 37.2. The van der Waals surface area contributed by atoms with E-state index in [0.717, 1.165) is 12.1 Å². The maximum absolute atomic E-state index is 14.2. The number of nitrogens with one attached hydrogen (secondary N) is 3. The number of anilines is 1. The number of carbonyl (C=O) groups excluding carboxylic acids is 5. The fraction of sp³-hybridized carbons (Fsp3) is 0.725. The standard InChI is InChI=1S/C40H65F3N6O9S/c1-13-25(6)34(48(10)38(53)32(23(2)3)45-37(52)33(24(4)5)47(8)9)30(57-11)21-31(50)49-20-14-15-29(49)35(58-12)26(7)36(51)46-59(55,56)22-27-16-18-28(19-17-27)44-39(54)40(41,42)43/h16-19,23-26,29-30,32-35H,13-15,20-22H2,1-12H3,(H,44,54)(H,45,52)(H,46,51)/t25?,26-,29+,30-,32+,33+,34+,35-/m1/s1. The average Bonchev–Trinajstić information content (AvgIpc) is 3.62. The fourth-order valence-corrected chi connectivity index (χ4v) is 9.00. The molecule has 0 aromatic heterocycles. The number of halogens is 3. The molecule has 1 fully saturated rings. The molecule has 1 unspecified atom stereocenters. The Hall–Kier alpha value is -3.81. The lowest BCUT2D eigenvalue weighted by molar-refractivity contribution is -0.167. The Morgan fingerprint density at radius 2 is 1.51 bits per heavy atom. The van der Waals surface area contributed by atoms with Gasteiger partial charge in [-0.2, -0.15) is 13.2 Å². The highest BCUT2D eigenvalue weighted by molar-refractivity contribution is 7.89. The molecular formula is C40H65F3N6O9S. The molecule has 1 saturated heterocycles. The number of benzene rings is 1. The number of hydrogen-bond acceptors (Lipinski definition) is 10. The van der Waals surface area contributed by atoms with Crippen molar-refractivity contribution < 1.29 is 55.0 Å². The summed E-state index contributed by atoms with van der Waals surface area (Å²) in [6.45, 7) is 13.4. The summed E-state index contributed by atoms with van der Waals surface area (Å²) in [5.41, 5.74) is -0.0544. The van der Waals surface area contributed by atoms with Crippen molar-refractivity contribution in [3.05, 3.63) is 29.8 Å². The van der Waals surface area contributed by atoms with Crippen LogP contribution in [0.4, 0.5) is 18.9 Å². The first kappa shape index (κ1) is 51.3. The second kappa shape index (κ2) is 22.2. The van der Waals surface area contributed by atoms with Crippen LogP contribution in [0.15, 0.2) is 24.3 Å². The van der Waals surface area contributed by atoms with E-state index in [0.29, 0.717) is 25.8 Å². The van der Waals surface area contributed by atoms with Crippen LogP contribution >= 0.6 is 0 Å². The van der Waals surface area contributed by atoms with Gasteiger partial charge in [-0.3, -0.25) is 33.6 Å². The molecule has 3 N–H and O–H groups in total. The molecule has 1 aromatic rings. The molecule has 0 aliphatic carbocycles. The Kier molecular flexibility index (Phi) is 19.3. The molecule has 19 heteroatoms. The summed E-state index contributed by atoms with van der Waals surface area (Å²) in [5, 5.41) is 4.65. The zero-order chi connectivity index (χ0) is 45.2. The minimum absolute atomic E-state index is 0.00562. The Morgan fingerprint density at radius 1 is 0.915 bits per heavy atom. The van der Waals surface area contributed by atoms with Gasteiger partial charge in [-0.15, -0.1) is 0 Å². The highest BCUT2D eigenvalue weighted by Crippen LogP contribution is 2.30. The number of hydrogen-bond donors (Lipinski definition) is 3. The van der Waals surface area contributed by atoms with Crippen molar-refractivity contribution in [2.45, 2.75) is 122 Å². The number of methoxy groups -OCH3 is 2. The van der Waals surface area contributed by atoms with Crippen molar-refractivity contribution in [2.24, 2.45) is 23.7 Å². The van der Waals surface area contributed by atoms with Crippen molar-refractivity contribution in [1.29, 1.82) is 0 Å². The Morgan fingerprint density at radius 3 is 1.98 bits per heavy atom. The van der Waals surface area contributed by atoms with Crippen LogP contribution in [0.3, 0.4) is 0 Å². The summed E-state index contributed by atoms with van der Waals surface area (Å²) < 4.78 is 77.5. The highest BCUT2D eigenvalue weighted by Gasteiger charge is 2.44. The predicted octanol–water partition coefficient (Wildman–Crippen LogP) is 3.78. The molecule has 5 amide bonds. The molecule has 8 atom stereocenters. The molecule has 15 nitrogen and oxygen atoms in total. The maximum Gasteiger partial charge on any atom is 0.471 e. The molecule has 1 aliphatic heterocycles. The normalized spacial score (nSPS) is 18.5. The first-order valence-electron chi connectivity index (χ1n) is 19.9. The van der Waals surface area contributed by atoms with E-state index in [1.54, 1.807) is 22.2 Å². The lowest BCUT2D eigenvalue weighted by Crippen LogP contribution is -2.59. The number of rotatable bonds is 21. The summed E-state index contributed by atoms with van der Waals surface area (Å²) >= 11 is 0. The van der Waals surface area contributed by atoms with Gasteiger partial charge in [-0.25, -0.2) is 8.42 Å². The van der Waals surface area contributed by atoms with E-state index in [1.807, 2.05) is 65.3 Å². The van der Waals surface area contributed by atoms with Crippen LogP contribution in [0.2, 0.25) is 0 Å². The van der Waals surface area contributed by atoms with E-state index in [9.17, 15) is 45.6 Å². The monoisotopic (exact) mass is 862 g/mol. The number of alkyl halides is 3. The fourth-order valence-electron chi connectivity index (χ4n) is 7.80. The number of carbonyl (C=O) groups is 5. The van der Waals surface area contributed by atoms with Crippen LogP contribution in [0.5, 0.6) is 0 Å². The van der Waals surface area contributed by atoms with Crippen LogP contribution in [0.1, 0.15) is 79.7 Å². The van der Waals surface area contributed by atoms with Crippen molar-refractivity contribution in [1.82, 2.24) is 24.7 Å². The second-order valence-electron chi connectivity index (χ2n) is 16.3. The van der Waals surface area contributed by atoms with Crippen LogP contribution in [-0.4, -0.2) is 137 Å². The summed E-state index contributed by atoms with van der Waals surface area (Å²) in [4.78, 5) is 71.3. The molecule has 2 rings (SSSR count). The summed E-state index contributed by atoms with van der Waals surface area (Å²) in [6.07, 6.45) is -5.15. The smallest absolute Gasteiger partial charge is 0.379 e. The predicted molar refractivity (Wildman–Crippen MR) is 217 cm³/mol. The van der Waals surface area contributed by atoms with Gasteiger partial charge >= 0.3 is 12.1 Å². The second-order valence-corrected chi connectivity index (χ2v) is 18.1. The summed E-state index contributed by atoms with van der Waals surface area (Å²) in [6, 6.07) is 2.19. The number of nitrogens with zero attached hydrogens (tertiary/aromatic N) is 3. The molecule has 59 heavy (non-hydrogen) atoms. The van der Waals surface area contributed by atoms with Gasteiger partial charge in [0.1, 0.15) is 6.04 Å². The van der Waals surface area contributed by atoms with Crippen LogP contribution in [0, 0.1) is 23.7 Å². The maximum atomic E-state index is 14.2. The van der Waals surface area contributed by atoms with Crippen LogP contribution in [0.25, 0.3) is 0 Å². The lowest BCUT2D eigenvalue weighted by atomic mass is 9.89. The van der Waals surface area contributed by atoms with Crippen molar-refractivity contribution in [3.63, 3.8) is 0 Å². The minimum atomic E-state index is -5.10. The molecule has 1 aliphatic rings. The SMILES string of the molecule is CCC(C)[C@@H]([C@@H](CC(=O)N1CCC[C@H]1[C@H](OC)[C@@H](C)C(=O)NS(=O)(=O)Cc1ccc(NC(=O)C(F)(F)F)cc1)OC)N(C)C(=O)[C@@H](NC(=O)[C@H](C(C)C)N(C)C)C(C)C. The molecule has 336 valence electrons. The van der Waals surface area contributed by atoms with Gasteiger partial charge in [-0.05, 0) is 62.4 Å². The van der Waals surface area contributed by atoms with Gasteiger partial charge in [0.05, 0.1) is 48.4 Å². The zero-order valence-electron chi connectivity index (χ0n) is 36.4. The number of ether oxygens (including phenoxy) is 2. The van der Waals surface area contributed by atoms with E-state index in [2.05, 4.69) is 5.32 Å². The van der Waals surface area contributed by atoms with Crippen molar-refractivity contribution in [3.8, 4) is 0 Å². The highest BCUT2D eigenvalue weighted by atomic mass is 32.2. The molecule has 1 aromatic carbocycles. The van der Waals surface area contributed by atoms with Gasteiger partial charge in [0, 0.05) is 33.5 Å². The van der Waals surface area contributed by atoms with Crippen molar-refractivity contribution >= 4 is 45.2 Å². The number of amides is 5. The topological polar surface area (TPSA) is 184 Å². The largest absolute Gasteiger partial charge is 0.471 e. The van der Waals surface area contributed by atoms with Crippen LogP contribution < -0.4 is 15.4 Å². The Labute approximate surface area is 347 Å². The molecule has 0 spiro atoms. The van der Waals surface area contributed by atoms with E-state index in [1.165, 1.54) is 33.3 Å². The molecular weight excluding hydrogens is 798 g/mol. The van der Waals surface area contributed by atoms with E-state index < -0.39 is 76.1 Å². The first-order valence-corrected chi connectivity index (χ1v) is 21.6. The van der Waals surface area contributed by atoms with Gasteiger partial charge in [0.25, 0.3) is 0 Å². The molecule has 0 radical (unpaired) electrons. The third kappa shape index (κ3) is 14.1. The van der Waals surface area contributed by atoms with Gasteiger partial charge in [-0.1, -0.05) is 67.0 Å². The van der Waals surface area contributed by atoms with E-state index in [4.69, 9.17) is 9.47 Å². The number of likely N-dealkylation sites (tertiary alicyclic amines) is 1. The minimum Gasteiger partial charge on any atom is -0.379 e. The summed E-state index contributed by atoms with van der Waals surface area (Å²) in [7, 11) is 3.83. The van der Waals surface area contributed by atoms with Crippen molar-refractivity contribution in [2.75, 3.05) is 47.2 Å². The molecule has 0 saturated carbocycles. The van der Waals surface area contributed by atoms with Gasteiger partial charge < -0.3 is 29.9 Å². The van der Waals surface area contributed by atoms with E-state index >= 15 is 0 Å². The third-order valence-electron chi connectivity index (χ3n) is 11.0. The van der Waals surface area contributed by atoms with E-state index in [-0.39, 0.29) is 53.1 Å².